The van der Waals surface area contributed by atoms with Gasteiger partial charge in [-0.25, -0.2) is 4.98 Å². The van der Waals surface area contributed by atoms with Crippen LogP contribution in [0.25, 0.3) is 11.3 Å². The molecular weight excluding hydrogens is 262 g/mol. The van der Waals surface area contributed by atoms with Crippen LogP contribution in [0.3, 0.4) is 0 Å². The average Bonchev–Trinajstić information content (AvgIpc) is 2.85. The molecule has 0 saturated heterocycles. The van der Waals surface area contributed by atoms with E-state index in [0.717, 1.165) is 11.3 Å². The summed E-state index contributed by atoms with van der Waals surface area (Å²) in [4.78, 5) is 15.8. The zero-order valence-electron chi connectivity index (χ0n) is 10.6. The quantitative estimate of drug-likeness (QED) is 0.822. The summed E-state index contributed by atoms with van der Waals surface area (Å²) in [6, 6.07) is 7.44. The number of rotatable bonds is 5. The van der Waals surface area contributed by atoms with Gasteiger partial charge in [0.2, 0.25) is 0 Å². The molecule has 3 N–H and O–H groups in total. The summed E-state index contributed by atoms with van der Waals surface area (Å²) in [5, 5.41) is 5.15. The summed E-state index contributed by atoms with van der Waals surface area (Å²) in [6.45, 7) is 2.41. The van der Waals surface area contributed by atoms with E-state index < -0.39 is 0 Å². The Morgan fingerprint density at radius 2 is 2.16 bits per heavy atom. The molecule has 1 heterocycles. The molecular formula is C13H15N3O2S. The highest BCUT2D eigenvalue weighted by molar-refractivity contribution is 7.14. The van der Waals surface area contributed by atoms with Crippen molar-refractivity contribution in [1.29, 1.82) is 0 Å². The monoisotopic (exact) mass is 277 g/mol. The van der Waals surface area contributed by atoms with Crippen molar-refractivity contribution in [2.45, 2.75) is 6.92 Å². The SMILES string of the molecule is CCOCC(=O)Nc1nc(-c2ccc(N)cc2)cs1. The van der Waals surface area contributed by atoms with Gasteiger partial charge in [0.05, 0.1) is 5.69 Å². The van der Waals surface area contributed by atoms with Crippen LogP contribution in [-0.4, -0.2) is 24.1 Å². The molecule has 0 fully saturated rings. The van der Waals surface area contributed by atoms with Crippen molar-refractivity contribution >= 4 is 28.1 Å². The molecule has 100 valence electrons. The highest BCUT2D eigenvalue weighted by Gasteiger charge is 2.07. The predicted octanol–water partition coefficient (Wildman–Crippen LogP) is 2.37. The van der Waals surface area contributed by atoms with Gasteiger partial charge in [0.25, 0.3) is 5.91 Å². The van der Waals surface area contributed by atoms with E-state index in [1.165, 1.54) is 11.3 Å². The van der Waals surface area contributed by atoms with Crippen molar-refractivity contribution < 1.29 is 9.53 Å². The van der Waals surface area contributed by atoms with Gasteiger partial charge in [-0.05, 0) is 19.1 Å². The van der Waals surface area contributed by atoms with Crippen molar-refractivity contribution in [3.63, 3.8) is 0 Å². The Morgan fingerprint density at radius 1 is 1.42 bits per heavy atom. The largest absolute Gasteiger partial charge is 0.399 e. The van der Waals surface area contributed by atoms with Gasteiger partial charge in [0, 0.05) is 23.2 Å². The van der Waals surface area contributed by atoms with Crippen molar-refractivity contribution in [3.05, 3.63) is 29.6 Å². The molecule has 2 rings (SSSR count). The van der Waals surface area contributed by atoms with Crippen LogP contribution in [0.5, 0.6) is 0 Å². The number of nitrogens with one attached hydrogen (secondary N) is 1. The maximum Gasteiger partial charge on any atom is 0.252 e. The van der Waals surface area contributed by atoms with Crippen molar-refractivity contribution in [2.75, 3.05) is 24.3 Å². The second-order valence-electron chi connectivity index (χ2n) is 3.85. The van der Waals surface area contributed by atoms with Gasteiger partial charge in [-0.15, -0.1) is 11.3 Å². The highest BCUT2D eigenvalue weighted by Crippen LogP contribution is 2.25. The minimum Gasteiger partial charge on any atom is -0.399 e. The maximum absolute atomic E-state index is 11.5. The number of hydrogen-bond acceptors (Lipinski definition) is 5. The van der Waals surface area contributed by atoms with Crippen molar-refractivity contribution in [3.8, 4) is 11.3 Å². The molecule has 0 aliphatic rings. The predicted molar refractivity (Wildman–Crippen MR) is 77.1 cm³/mol. The molecule has 19 heavy (non-hydrogen) atoms. The van der Waals surface area contributed by atoms with Crippen LogP contribution < -0.4 is 11.1 Å². The fraction of sp³-hybridized carbons (Fsp3) is 0.231. The number of hydrogen-bond donors (Lipinski definition) is 2. The third-order valence-corrected chi connectivity index (χ3v) is 3.15. The van der Waals surface area contributed by atoms with E-state index in [9.17, 15) is 4.79 Å². The first kappa shape index (κ1) is 13.5. The summed E-state index contributed by atoms with van der Waals surface area (Å²) < 4.78 is 5.02. The van der Waals surface area contributed by atoms with E-state index >= 15 is 0 Å². The number of nitrogens with two attached hydrogens (primary N) is 1. The molecule has 2 aromatic rings. The Balaban J connectivity index is 2.02. The molecule has 0 aliphatic heterocycles. The lowest BCUT2D eigenvalue weighted by Gasteiger charge is -2.01. The van der Waals surface area contributed by atoms with Gasteiger partial charge < -0.3 is 10.5 Å². The summed E-state index contributed by atoms with van der Waals surface area (Å²) in [5.74, 6) is -0.194. The van der Waals surface area contributed by atoms with Crippen molar-refractivity contribution in [1.82, 2.24) is 4.98 Å². The Hall–Kier alpha value is -1.92. The van der Waals surface area contributed by atoms with Crippen LogP contribution in [0, 0.1) is 0 Å². The molecule has 1 aromatic carbocycles. The van der Waals surface area contributed by atoms with E-state index in [2.05, 4.69) is 10.3 Å². The van der Waals surface area contributed by atoms with Crippen LogP contribution in [0.4, 0.5) is 10.8 Å². The van der Waals surface area contributed by atoms with Crippen LogP contribution in [0.2, 0.25) is 0 Å². The zero-order valence-corrected chi connectivity index (χ0v) is 11.4. The van der Waals surface area contributed by atoms with Gasteiger partial charge >= 0.3 is 0 Å². The molecule has 0 unspecified atom stereocenters. The van der Waals surface area contributed by atoms with Gasteiger partial charge in [-0.2, -0.15) is 0 Å². The molecule has 6 heteroatoms. The lowest BCUT2D eigenvalue weighted by Crippen LogP contribution is -2.17. The maximum atomic E-state index is 11.5. The number of nitrogens with zero attached hydrogens (tertiary/aromatic N) is 1. The van der Waals surface area contributed by atoms with Gasteiger partial charge in [0.1, 0.15) is 6.61 Å². The Labute approximate surface area is 115 Å². The number of benzene rings is 1. The molecule has 0 saturated carbocycles. The molecule has 0 aliphatic carbocycles. The number of nitrogen functional groups attached to an aromatic ring is 1. The first-order valence-corrected chi connectivity index (χ1v) is 6.76. The summed E-state index contributed by atoms with van der Waals surface area (Å²) >= 11 is 1.38. The Kier molecular flexibility index (Phi) is 4.48. The van der Waals surface area contributed by atoms with Crippen molar-refractivity contribution in [2.24, 2.45) is 0 Å². The molecule has 0 radical (unpaired) electrons. The molecule has 1 amide bonds. The fourth-order valence-corrected chi connectivity index (χ4v) is 2.20. The second-order valence-corrected chi connectivity index (χ2v) is 4.70. The minimum absolute atomic E-state index is 0.0489. The molecule has 0 spiro atoms. The normalized spacial score (nSPS) is 10.4. The first-order chi connectivity index (χ1) is 9.19. The van der Waals surface area contributed by atoms with Gasteiger partial charge in [-0.1, -0.05) is 12.1 Å². The number of thiazole rings is 1. The number of ether oxygens (including phenoxy) is 1. The number of carbonyl (C=O) groups is 1. The van der Waals surface area contributed by atoms with Crippen LogP contribution in [0.1, 0.15) is 6.92 Å². The average molecular weight is 277 g/mol. The summed E-state index contributed by atoms with van der Waals surface area (Å²) in [6.07, 6.45) is 0. The smallest absolute Gasteiger partial charge is 0.252 e. The highest BCUT2D eigenvalue weighted by atomic mass is 32.1. The van der Waals surface area contributed by atoms with E-state index in [4.69, 9.17) is 10.5 Å². The number of aromatic nitrogens is 1. The van der Waals surface area contributed by atoms with E-state index in [1.807, 2.05) is 36.6 Å². The summed E-state index contributed by atoms with van der Waals surface area (Å²) in [5.41, 5.74) is 8.13. The first-order valence-electron chi connectivity index (χ1n) is 5.88. The summed E-state index contributed by atoms with van der Waals surface area (Å²) in [7, 11) is 0. The number of anilines is 2. The molecule has 5 nitrogen and oxygen atoms in total. The third-order valence-electron chi connectivity index (χ3n) is 2.39. The Bertz CT molecular complexity index is 551. The van der Waals surface area contributed by atoms with Crippen LogP contribution in [0.15, 0.2) is 29.6 Å². The minimum atomic E-state index is -0.194. The van der Waals surface area contributed by atoms with Crippen LogP contribution in [-0.2, 0) is 9.53 Å². The lowest BCUT2D eigenvalue weighted by molar-refractivity contribution is -0.120. The standard InChI is InChI=1S/C13H15N3O2S/c1-2-18-7-12(17)16-13-15-11(8-19-13)9-3-5-10(14)6-4-9/h3-6,8H,2,7,14H2,1H3,(H,15,16,17). The number of carbonyl (C=O) groups excluding carboxylic acids is 1. The third kappa shape index (κ3) is 3.77. The van der Waals surface area contributed by atoms with E-state index in [-0.39, 0.29) is 12.5 Å². The van der Waals surface area contributed by atoms with E-state index in [0.29, 0.717) is 17.4 Å². The van der Waals surface area contributed by atoms with Crippen LogP contribution >= 0.6 is 11.3 Å². The Morgan fingerprint density at radius 3 is 2.84 bits per heavy atom. The van der Waals surface area contributed by atoms with Gasteiger partial charge in [0.15, 0.2) is 5.13 Å². The second kappa shape index (κ2) is 6.31. The zero-order chi connectivity index (χ0) is 13.7. The fourth-order valence-electron chi connectivity index (χ4n) is 1.47. The lowest BCUT2D eigenvalue weighted by atomic mass is 10.1. The molecule has 1 aromatic heterocycles. The van der Waals surface area contributed by atoms with E-state index in [1.54, 1.807) is 0 Å². The molecule has 0 bridgehead atoms. The topological polar surface area (TPSA) is 77.2 Å². The number of amides is 1. The van der Waals surface area contributed by atoms with Gasteiger partial charge in [-0.3, -0.25) is 10.1 Å². The molecule has 0 atom stereocenters.